The summed E-state index contributed by atoms with van der Waals surface area (Å²) in [5.74, 6) is 0.0548. The van der Waals surface area contributed by atoms with Gasteiger partial charge in [-0.1, -0.05) is 18.2 Å². The molecule has 1 nitrogen and oxygen atoms in total. The topological polar surface area (TPSA) is 20.2 Å². The fourth-order valence-electron chi connectivity index (χ4n) is 0.713. The van der Waals surface area contributed by atoms with Gasteiger partial charge in [0.05, 0.1) is 0 Å². The van der Waals surface area contributed by atoms with E-state index in [-0.39, 0.29) is 5.75 Å². The Morgan fingerprint density at radius 3 is 2.00 bits per heavy atom. The number of benzene rings is 1. The molecular formula is C6H5Cl3OSi. The minimum atomic E-state index is -2.91. The first kappa shape index (κ1) is 9.20. The lowest BCUT2D eigenvalue weighted by Gasteiger charge is -2.08. The predicted molar refractivity (Wildman–Crippen MR) is 51.1 cm³/mol. The van der Waals surface area contributed by atoms with Crippen molar-refractivity contribution in [3.05, 3.63) is 24.3 Å². The van der Waals surface area contributed by atoms with Crippen molar-refractivity contribution >= 4 is 44.4 Å². The largest absolute Gasteiger partial charge is 0.508 e. The van der Waals surface area contributed by atoms with Crippen molar-refractivity contribution < 1.29 is 5.11 Å². The maximum Gasteiger partial charge on any atom is 0.376 e. The maximum absolute atomic E-state index is 9.23. The molecule has 0 radical (unpaired) electrons. The molecule has 60 valence electrons. The van der Waals surface area contributed by atoms with Gasteiger partial charge >= 0.3 is 6.00 Å². The molecule has 5 heteroatoms. The normalized spacial score (nSPS) is 11.5. The summed E-state index contributed by atoms with van der Waals surface area (Å²) >= 11 is 17.0. The van der Waals surface area contributed by atoms with E-state index in [9.17, 15) is 5.11 Å². The van der Waals surface area contributed by atoms with Crippen LogP contribution in [0.5, 0.6) is 5.75 Å². The van der Waals surface area contributed by atoms with Crippen molar-refractivity contribution in [1.82, 2.24) is 0 Å². The van der Waals surface area contributed by atoms with Crippen LogP contribution in [0.4, 0.5) is 0 Å². The average molecular weight is 228 g/mol. The van der Waals surface area contributed by atoms with Crippen molar-refractivity contribution in [2.24, 2.45) is 0 Å². The van der Waals surface area contributed by atoms with Crippen LogP contribution in [0.25, 0.3) is 0 Å². The first-order chi connectivity index (χ1) is 5.02. The van der Waals surface area contributed by atoms with E-state index in [1.807, 2.05) is 0 Å². The van der Waals surface area contributed by atoms with E-state index in [0.29, 0.717) is 5.19 Å². The van der Waals surface area contributed by atoms with Gasteiger partial charge in [0.25, 0.3) is 0 Å². The molecule has 0 spiro atoms. The molecular weight excluding hydrogens is 223 g/mol. The predicted octanol–water partition coefficient (Wildman–Crippen LogP) is 2.25. The Labute approximate surface area is 79.6 Å². The molecule has 0 bridgehead atoms. The SMILES string of the molecule is Oc1ccccc1[Si](Cl)(Cl)Cl. The Morgan fingerprint density at radius 2 is 1.64 bits per heavy atom. The van der Waals surface area contributed by atoms with Crippen LogP contribution < -0.4 is 5.19 Å². The summed E-state index contributed by atoms with van der Waals surface area (Å²) in [6, 6.07) is 3.62. The molecule has 1 aromatic rings. The zero-order chi connectivity index (χ0) is 8.48. The number of hydrogen-bond acceptors (Lipinski definition) is 1. The van der Waals surface area contributed by atoms with E-state index in [4.69, 9.17) is 33.2 Å². The van der Waals surface area contributed by atoms with E-state index < -0.39 is 6.00 Å². The summed E-state index contributed by atoms with van der Waals surface area (Å²) in [5, 5.41) is 9.66. The summed E-state index contributed by atoms with van der Waals surface area (Å²) in [6.07, 6.45) is 0. The fourth-order valence-corrected chi connectivity index (χ4v) is 2.81. The second kappa shape index (κ2) is 3.23. The highest BCUT2D eigenvalue weighted by Crippen LogP contribution is 2.23. The molecule has 11 heavy (non-hydrogen) atoms. The molecule has 0 heterocycles. The van der Waals surface area contributed by atoms with Crippen LogP contribution in [-0.4, -0.2) is 11.1 Å². The third-order valence-electron chi connectivity index (χ3n) is 1.21. The van der Waals surface area contributed by atoms with Gasteiger partial charge in [-0.3, -0.25) is 0 Å². The van der Waals surface area contributed by atoms with E-state index in [1.54, 1.807) is 18.2 Å². The molecule has 0 aliphatic heterocycles. The van der Waals surface area contributed by atoms with Gasteiger partial charge in [-0.25, -0.2) is 0 Å². The van der Waals surface area contributed by atoms with Gasteiger partial charge in [-0.05, 0) is 6.07 Å². The highest BCUT2D eigenvalue weighted by molar-refractivity contribution is 7.69. The van der Waals surface area contributed by atoms with Gasteiger partial charge in [0.1, 0.15) is 5.75 Å². The minimum Gasteiger partial charge on any atom is -0.508 e. The Kier molecular flexibility index (Phi) is 2.70. The quantitative estimate of drug-likeness (QED) is 0.576. The average Bonchev–Trinajstić information content (AvgIpc) is 1.86. The van der Waals surface area contributed by atoms with Crippen LogP contribution >= 0.6 is 33.2 Å². The van der Waals surface area contributed by atoms with Crippen LogP contribution in [0.3, 0.4) is 0 Å². The lowest BCUT2D eigenvalue weighted by atomic mass is 10.3. The molecule has 0 aromatic heterocycles. The smallest absolute Gasteiger partial charge is 0.376 e. The van der Waals surface area contributed by atoms with Crippen LogP contribution in [-0.2, 0) is 0 Å². The lowest BCUT2D eigenvalue weighted by Crippen LogP contribution is -2.29. The van der Waals surface area contributed by atoms with Crippen molar-refractivity contribution in [2.45, 2.75) is 0 Å². The molecule has 1 rings (SSSR count). The van der Waals surface area contributed by atoms with Gasteiger partial charge < -0.3 is 5.11 Å². The lowest BCUT2D eigenvalue weighted by molar-refractivity contribution is 0.479. The molecule has 0 aliphatic rings. The van der Waals surface area contributed by atoms with E-state index >= 15 is 0 Å². The second-order valence-corrected chi connectivity index (χ2v) is 10.4. The molecule has 0 atom stereocenters. The van der Waals surface area contributed by atoms with E-state index in [0.717, 1.165) is 0 Å². The zero-order valence-corrected chi connectivity index (χ0v) is 8.66. The number of rotatable bonds is 1. The number of phenols is 1. The summed E-state index contributed by atoms with van der Waals surface area (Å²) in [5.41, 5.74) is 0. The third-order valence-corrected chi connectivity index (χ3v) is 4.08. The molecule has 0 amide bonds. The van der Waals surface area contributed by atoms with Crippen LogP contribution in [0.2, 0.25) is 0 Å². The minimum absolute atomic E-state index is 0.0548. The van der Waals surface area contributed by atoms with Gasteiger partial charge in [0.2, 0.25) is 0 Å². The molecule has 0 aliphatic carbocycles. The summed E-state index contributed by atoms with van der Waals surface area (Å²) < 4.78 is 0. The van der Waals surface area contributed by atoms with Crippen molar-refractivity contribution in [2.75, 3.05) is 0 Å². The highest BCUT2D eigenvalue weighted by Gasteiger charge is 2.30. The van der Waals surface area contributed by atoms with Crippen molar-refractivity contribution in [3.63, 3.8) is 0 Å². The van der Waals surface area contributed by atoms with Crippen LogP contribution in [0.1, 0.15) is 0 Å². The van der Waals surface area contributed by atoms with Crippen LogP contribution in [0, 0.1) is 0 Å². The molecule has 1 N–H and O–H groups in total. The molecule has 0 fully saturated rings. The maximum atomic E-state index is 9.23. The standard InChI is InChI=1S/C6H5Cl3OSi/c7-11(8,9)6-4-2-1-3-5(6)10/h1-4,10H. The third kappa shape index (κ3) is 2.27. The highest BCUT2D eigenvalue weighted by atomic mass is 35.8. The van der Waals surface area contributed by atoms with E-state index in [1.165, 1.54) is 6.07 Å². The number of aromatic hydroxyl groups is 1. The number of hydrogen-bond donors (Lipinski definition) is 1. The summed E-state index contributed by atoms with van der Waals surface area (Å²) in [4.78, 5) is 0. The first-order valence-electron chi connectivity index (χ1n) is 2.87. The van der Waals surface area contributed by atoms with Gasteiger partial charge in [-0.15, -0.1) is 33.2 Å². The van der Waals surface area contributed by atoms with Crippen molar-refractivity contribution in [3.8, 4) is 5.75 Å². The van der Waals surface area contributed by atoms with Crippen LogP contribution in [0.15, 0.2) is 24.3 Å². The van der Waals surface area contributed by atoms with Gasteiger partial charge in [0, 0.05) is 5.19 Å². The Morgan fingerprint density at radius 1 is 1.09 bits per heavy atom. The monoisotopic (exact) mass is 226 g/mol. The number of para-hydroxylation sites is 1. The molecule has 0 saturated carbocycles. The molecule has 0 unspecified atom stereocenters. The Balaban J connectivity index is 3.14. The fraction of sp³-hybridized carbons (Fsp3) is 0. The number of halogens is 3. The second-order valence-electron chi connectivity index (χ2n) is 2.01. The Hall–Kier alpha value is 0.107. The number of phenolic OH excluding ortho intramolecular Hbond substituents is 1. The van der Waals surface area contributed by atoms with Crippen molar-refractivity contribution in [1.29, 1.82) is 0 Å². The first-order valence-corrected chi connectivity index (χ1v) is 7.90. The summed E-state index contributed by atoms with van der Waals surface area (Å²) in [6.45, 7) is 0. The summed E-state index contributed by atoms with van der Waals surface area (Å²) in [7, 11) is 0. The zero-order valence-electron chi connectivity index (χ0n) is 5.39. The van der Waals surface area contributed by atoms with Gasteiger partial charge in [0.15, 0.2) is 0 Å². The van der Waals surface area contributed by atoms with E-state index in [2.05, 4.69) is 0 Å². The van der Waals surface area contributed by atoms with Gasteiger partial charge in [-0.2, -0.15) is 0 Å². The molecule has 1 aromatic carbocycles. The Bertz CT molecular complexity index is 258. The molecule has 0 saturated heterocycles.